The average molecular weight is 204 g/mol. The number of anilines is 1. The lowest BCUT2D eigenvalue weighted by Crippen LogP contribution is -2.23. The second kappa shape index (κ2) is 4.23. The van der Waals surface area contributed by atoms with Gasteiger partial charge >= 0.3 is 0 Å². The molecule has 2 heteroatoms. The maximum Gasteiger partial charge on any atom is 0.0409 e. The Morgan fingerprint density at radius 3 is 2.53 bits per heavy atom. The summed E-state index contributed by atoms with van der Waals surface area (Å²) in [5, 5.41) is 3.64. The third-order valence-electron chi connectivity index (χ3n) is 2.95. The molecule has 2 rings (SSSR count). The van der Waals surface area contributed by atoms with E-state index in [1.807, 2.05) is 0 Å². The van der Waals surface area contributed by atoms with Crippen LogP contribution < -0.4 is 10.2 Å². The monoisotopic (exact) mass is 204 g/mol. The summed E-state index contributed by atoms with van der Waals surface area (Å²) in [6.07, 6.45) is 2.68. The fourth-order valence-corrected chi connectivity index (χ4v) is 1.95. The maximum atomic E-state index is 3.64. The molecular formula is C13H20N2. The Bertz CT molecular complexity index is 329. The quantitative estimate of drug-likeness (QED) is 0.811. The van der Waals surface area contributed by atoms with E-state index in [9.17, 15) is 0 Å². The predicted molar refractivity (Wildman–Crippen MR) is 65.3 cm³/mol. The molecule has 1 fully saturated rings. The van der Waals surface area contributed by atoms with E-state index < -0.39 is 0 Å². The summed E-state index contributed by atoms with van der Waals surface area (Å²) >= 11 is 0. The van der Waals surface area contributed by atoms with Crippen LogP contribution in [0.25, 0.3) is 0 Å². The van der Waals surface area contributed by atoms with E-state index in [-0.39, 0.29) is 0 Å². The lowest BCUT2D eigenvalue weighted by Gasteiger charge is -2.22. The predicted octanol–water partition coefficient (Wildman–Crippen LogP) is 2.57. The first-order valence-electron chi connectivity index (χ1n) is 5.71. The van der Waals surface area contributed by atoms with Crippen molar-refractivity contribution in [3.05, 3.63) is 29.8 Å². The van der Waals surface area contributed by atoms with E-state index in [0.717, 1.165) is 6.04 Å². The van der Waals surface area contributed by atoms with Gasteiger partial charge in [-0.2, -0.15) is 0 Å². The number of nitrogens with one attached hydrogen (secondary N) is 1. The van der Waals surface area contributed by atoms with Gasteiger partial charge in [0.2, 0.25) is 0 Å². The van der Waals surface area contributed by atoms with Gasteiger partial charge in [-0.25, -0.2) is 0 Å². The first kappa shape index (κ1) is 10.5. The molecular weight excluding hydrogens is 184 g/mol. The van der Waals surface area contributed by atoms with Crippen molar-refractivity contribution in [3.63, 3.8) is 0 Å². The SMILES string of the molecule is CC(NC1CC1)c1ccccc1N(C)C. The molecule has 1 aromatic carbocycles. The van der Waals surface area contributed by atoms with Crippen LogP contribution in [-0.2, 0) is 0 Å². The molecule has 0 radical (unpaired) electrons. The van der Waals surface area contributed by atoms with Crippen LogP contribution in [0.2, 0.25) is 0 Å². The van der Waals surface area contributed by atoms with Gasteiger partial charge in [0.05, 0.1) is 0 Å². The van der Waals surface area contributed by atoms with Gasteiger partial charge in [-0.3, -0.25) is 0 Å². The molecule has 82 valence electrons. The molecule has 1 N–H and O–H groups in total. The van der Waals surface area contributed by atoms with Crippen LogP contribution in [-0.4, -0.2) is 20.1 Å². The van der Waals surface area contributed by atoms with Crippen molar-refractivity contribution in [2.75, 3.05) is 19.0 Å². The largest absolute Gasteiger partial charge is 0.377 e. The van der Waals surface area contributed by atoms with Crippen molar-refractivity contribution in [1.29, 1.82) is 0 Å². The molecule has 1 aliphatic rings. The van der Waals surface area contributed by atoms with Crippen LogP contribution in [0.15, 0.2) is 24.3 Å². The Morgan fingerprint density at radius 2 is 1.93 bits per heavy atom. The Morgan fingerprint density at radius 1 is 1.27 bits per heavy atom. The molecule has 2 nitrogen and oxygen atoms in total. The van der Waals surface area contributed by atoms with E-state index in [2.05, 4.69) is 55.5 Å². The third-order valence-corrected chi connectivity index (χ3v) is 2.95. The van der Waals surface area contributed by atoms with E-state index in [1.165, 1.54) is 24.1 Å². The zero-order chi connectivity index (χ0) is 10.8. The third kappa shape index (κ3) is 2.51. The minimum absolute atomic E-state index is 0.455. The number of hydrogen-bond acceptors (Lipinski definition) is 2. The number of benzene rings is 1. The van der Waals surface area contributed by atoms with Gasteiger partial charge in [0, 0.05) is 31.9 Å². The zero-order valence-corrected chi connectivity index (χ0v) is 9.83. The van der Waals surface area contributed by atoms with Crippen molar-refractivity contribution in [1.82, 2.24) is 5.32 Å². The van der Waals surface area contributed by atoms with Crippen LogP contribution in [0.3, 0.4) is 0 Å². The van der Waals surface area contributed by atoms with Gasteiger partial charge in [0.15, 0.2) is 0 Å². The van der Waals surface area contributed by atoms with E-state index in [0.29, 0.717) is 6.04 Å². The molecule has 0 heterocycles. The van der Waals surface area contributed by atoms with Gasteiger partial charge in [-0.05, 0) is 31.4 Å². The van der Waals surface area contributed by atoms with Gasteiger partial charge in [0.25, 0.3) is 0 Å². The molecule has 1 saturated carbocycles. The highest BCUT2D eigenvalue weighted by atomic mass is 15.1. The molecule has 15 heavy (non-hydrogen) atoms. The topological polar surface area (TPSA) is 15.3 Å². The van der Waals surface area contributed by atoms with Crippen molar-refractivity contribution in [2.24, 2.45) is 0 Å². The molecule has 1 aliphatic carbocycles. The van der Waals surface area contributed by atoms with Gasteiger partial charge in [-0.15, -0.1) is 0 Å². The maximum absolute atomic E-state index is 3.64. The zero-order valence-electron chi connectivity index (χ0n) is 9.83. The Kier molecular flexibility index (Phi) is 2.96. The molecule has 1 unspecified atom stereocenters. The fraction of sp³-hybridized carbons (Fsp3) is 0.538. The summed E-state index contributed by atoms with van der Waals surface area (Å²) in [6.45, 7) is 2.25. The van der Waals surface area contributed by atoms with E-state index >= 15 is 0 Å². The number of nitrogens with zero attached hydrogens (tertiary/aromatic N) is 1. The molecule has 1 aromatic rings. The normalized spacial score (nSPS) is 17.5. The van der Waals surface area contributed by atoms with Crippen LogP contribution in [0.4, 0.5) is 5.69 Å². The standard InChI is InChI=1S/C13H20N2/c1-10(14-11-8-9-11)12-6-4-5-7-13(12)15(2)3/h4-7,10-11,14H,8-9H2,1-3H3. The Hall–Kier alpha value is -1.02. The Balaban J connectivity index is 2.16. The molecule has 1 atom stereocenters. The number of para-hydroxylation sites is 1. The van der Waals surface area contributed by atoms with Crippen molar-refractivity contribution in [2.45, 2.75) is 31.8 Å². The fourth-order valence-electron chi connectivity index (χ4n) is 1.95. The van der Waals surface area contributed by atoms with Crippen molar-refractivity contribution in [3.8, 4) is 0 Å². The first-order chi connectivity index (χ1) is 7.18. The summed E-state index contributed by atoms with van der Waals surface area (Å²) in [5.41, 5.74) is 2.72. The molecule has 0 amide bonds. The van der Waals surface area contributed by atoms with Crippen molar-refractivity contribution < 1.29 is 0 Å². The van der Waals surface area contributed by atoms with Gasteiger partial charge in [-0.1, -0.05) is 18.2 Å². The summed E-state index contributed by atoms with van der Waals surface area (Å²) in [4.78, 5) is 2.18. The summed E-state index contributed by atoms with van der Waals surface area (Å²) in [6, 6.07) is 9.83. The molecule has 0 aromatic heterocycles. The molecule has 0 aliphatic heterocycles. The van der Waals surface area contributed by atoms with E-state index in [1.54, 1.807) is 0 Å². The number of rotatable bonds is 4. The number of hydrogen-bond donors (Lipinski definition) is 1. The smallest absolute Gasteiger partial charge is 0.0409 e. The van der Waals surface area contributed by atoms with E-state index in [4.69, 9.17) is 0 Å². The highest BCUT2D eigenvalue weighted by Gasteiger charge is 2.24. The second-order valence-corrected chi connectivity index (χ2v) is 4.62. The second-order valence-electron chi connectivity index (χ2n) is 4.62. The van der Waals surface area contributed by atoms with Crippen molar-refractivity contribution >= 4 is 5.69 Å². The van der Waals surface area contributed by atoms with Crippen LogP contribution in [0.5, 0.6) is 0 Å². The van der Waals surface area contributed by atoms with Gasteiger partial charge < -0.3 is 10.2 Å². The summed E-state index contributed by atoms with van der Waals surface area (Å²) < 4.78 is 0. The summed E-state index contributed by atoms with van der Waals surface area (Å²) in [5.74, 6) is 0. The first-order valence-corrected chi connectivity index (χ1v) is 5.71. The lowest BCUT2D eigenvalue weighted by molar-refractivity contribution is 0.571. The van der Waals surface area contributed by atoms with Crippen LogP contribution in [0, 0.1) is 0 Å². The van der Waals surface area contributed by atoms with Crippen LogP contribution >= 0.6 is 0 Å². The lowest BCUT2D eigenvalue weighted by atomic mass is 10.1. The Labute approximate surface area is 92.3 Å². The molecule has 0 saturated heterocycles. The minimum atomic E-state index is 0.455. The molecule has 0 spiro atoms. The summed E-state index contributed by atoms with van der Waals surface area (Å²) in [7, 11) is 4.20. The van der Waals surface area contributed by atoms with Crippen LogP contribution in [0.1, 0.15) is 31.4 Å². The molecule has 0 bridgehead atoms. The highest BCUT2D eigenvalue weighted by molar-refractivity contribution is 5.53. The highest BCUT2D eigenvalue weighted by Crippen LogP contribution is 2.28. The van der Waals surface area contributed by atoms with Gasteiger partial charge in [0.1, 0.15) is 0 Å². The average Bonchev–Trinajstić information content (AvgIpc) is 3.01. The minimum Gasteiger partial charge on any atom is -0.377 e.